The average molecular weight is 543 g/mol. The number of ether oxygens (including phenoxy) is 2. The number of carbonyl (C=O) groups is 2. The highest BCUT2D eigenvalue weighted by atomic mass is 16.6. The summed E-state index contributed by atoms with van der Waals surface area (Å²) in [5, 5.41) is 28.3. The molecule has 2 saturated carbocycles. The Morgan fingerprint density at radius 3 is 1.64 bits per heavy atom. The van der Waals surface area contributed by atoms with E-state index in [9.17, 15) is 19.8 Å². The number of hydrogen-bond acceptors (Lipinski definition) is 8. The SMILES string of the molecule is CN(C)[C@H]1C[C@@H](NC(=O)OCc2ccccc2)C[C@H]1O.CN[C@H]1C[C@@H](NC(=O)OCc2ccccc2)C[C@H]1O. The first-order valence-electron chi connectivity index (χ1n) is 13.4. The summed E-state index contributed by atoms with van der Waals surface area (Å²) in [7, 11) is 5.68. The van der Waals surface area contributed by atoms with Gasteiger partial charge in [0.1, 0.15) is 13.2 Å². The highest BCUT2D eigenvalue weighted by Gasteiger charge is 2.35. The van der Waals surface area contributed by atoms with Crippen LogP contribution in [0.15, 0.2) is 60.7 Å². The fourth-order valence-electron chi connectivity index (χ4n) is 4.97. The fourth-order valence-corrected chi connectivity index (χ4v) is 4.97. The summed E-state index contributed by atoms with van der Waals surface area (Å²) in [5.74, 6) is 0. The molecule has 2 aliphatic carbocycles. The number of likely N-dealkylation sites (N-methyl/N-ethyl adjacent to an activating group) is 2. The van der Waals surface area contributed by atoms with E-state index in [1.54, 1.807) is 0 Å². The van der Waals surface area contributed by atoms with Crippen LogP contribution in [0.2, 0.25) is 0 Å². The summed E-state index contributed by atoms with van der Waals surface area (Å²) < 4.78 is 10.3. The predicted molar refractivity (Wildman–Crippen MR) is 148 cm³/mol. The third kappa shape index (κ3) is 10.1. The molecule has 2 aliphatic rings. The Bertz CT molecular complexity index is 1010. The highest BCUT2D eigenvalue weighted by molar-refractivity contribution is 5.68. The monoisotopic (exact) mass is 542 g/mol. The third-order valence-electron chi connectivity index (χ3n) is 7.13. The van der Waals surface area contributed by atoms with Gasteiger partial charge in [-0.15, -0.1) is 0 Å². The third-order valence-corrected chi connectivity index (χ3v) is 7.13. The van der Waals surface area contributed by atoms with Crippen LogP contribution in [0.4, 0.5) is 9.59 Å². The largest absolute Gasteiger partial charge is 0.445 e. The first kappa shape index (κ1) is 30.4. The number of nitrogens with zero attached hydrogens (tertiary/aromatic N) is 1. The molecule has 5 N–H and O–H groups in total. The van der Waals surface area contributed by atoms with Crippen molar-refractivity contribution in [2.75, 3.05) is 21.1 Å². The number of aliphatic hydroxyl groups excluding tert-OH is 2. The van der Waals surface area contributed by atoms with Crippen molar-refractivity contribution in [3.63, 3.8) is 0 Å². The van der Waals surface area contributed by atoms with Gasteiger partial charge in [-0.2, -0.15) is 0 Å². The molecule has 10 heteroatoms. The number of nitrogens with one attached hydrogen (secondary N) is 3. The van der Waals surface area contributed by atoms with Gasteiger partial charge in [0.25, 0.3) is 0 Å². The normalized spacial score (nSPS) is 25.9. The summed E-state index contributed by atoms with van der Waals surface area (Å²) in [6.07, 6.45) is 0.930. The van der Waals surface area contributed by atoms with Crippen molar-refractivity contribution >= 4 is 12.2 Å². The van der Waals surface area contributed by atoms with E-state index in [4.69, 9.17) is 9.47 Å². The van der Waals surface area contributed by atoms with Gasteiger partial charge >= 0.3 is 12.2 Å². The molecule has 0 radical (unpaired) electrons. The molecule has 0 aliphatic heterocycles. The Kier molecular flexibility index (Phi) is 12.0. The van der Waals surface area contributed by atoms with Crippen molar-refractivity contribution in [1.82, 2.24) is 20.9 Å². The first-order valence-corrected chi connectivity index (χ1v) is 13.4. The van der Waals surface area contributed by atoms with E-state index >= 15 is 0 Å². The second kappa shape index (κ2) is 15.4. The summed E-state index contributed by atoms with van der Waals surface area (Å²) in [4.78, 5) is 25.4. The lowest BCUT2D eigenvalue weighted by Gasteiger charge is -2.22. The molecule has 0 unspecified atom stereocenters. The molecule has 0 saturated heterocycles. The van der Waals surface area contributed by atoms with E-state index in [0.717, 1.165) is 24.0 Å². The topological polar surface area (TPSA) is 132 Å². The van der Waals surface area contributed by atoms with Crippen molar-refractivity contribution in [2.45, 2.75) is 75.3 Å². The Morgan fingerprint density at radius 2 is 1.23 bits per heavy atom. The van der Waals surface area contributed by atoms with Gasteiger partial charge in [0.15, 0.2) is 0 Å². The van der Waals surface area contributed by atoms with Gasteiger partial charge < -0.3 is 40.5 Å². The van der Waals surface area contributed by atoms with Crippen molar-refractivity contribution < 1.29 is 29.3 Å². The van der Waals surface area contributed by atoms with Gasteiger partial charge in [-0.25, -0.2) is 9.59 Å². The van der Waals surface area contributed by atoms with Gasteiger partial charge in [-0.1, -0.05) is 60.7 Å². The molecule has 0 aromatic heterocycles. The lowest BCUT2D eigenvalue weighted by Crippen LogP contribution is -2.36. The minimum Gasteiger partial charge on any atom is -0.445 e. The van der Waals surface area contributed by atoms with Crippen LogP contribution in [0.1, 0.15) is 36.8 Å². The van der Waals surface area contributed by atoms with Gasteiger partial charge in [0.2, 0.25) is 0 Å². The van der Waals surface area contributed by atoms with E-state index in [1.165, 1.54) is 0 Å². The Hall–Kier alpha value is -3.18. The molecule has 4 rings (SSSR count). The van der Waals surface area contributed by atoms with Crippen molar-refractivity contribution in [1.29, 1.82) is 0 Å². The summed E-state index contributed by atoms with van der Waals surface area (Å²) >= 11 is 0. The predicted octanol–water partition coefficient (Wildman–Crippen LogP) is 2.39. The molecule has 214 valence electrons. The number of carbonyl (C=O) groups excluding carboxylic acids is 2. The standard InChI is InChI=1S/C15H22N2O3.C14H20N2O3/c1-17(2)13-8-12(9-14(13)18)16-15(19)20-10-11-6-4-3-5-7-11;1-15-12-7-11(8-13(12)17)16-14(18)19-9-10-5-3-2-4-6-10/h3-7,12-14,18H,8-10H2,1-2H3,(H,16,19);2-6,11-13,15,17H,7-9H2,1H3,(H,16,18)/t12-,13+,14-;11-,12+,13-/m11/s1. The molecule has 2 aromatic rings. The van der Waals surface area contributed by atoms with Crippen LogP contribution < -0.4 is 16.0 Å². The molecule has 2 aromatic carbocycles. The molecule has 2 fully saturated rings. The van der Waals surface area contributed by atoms with E-state index in [1.807, 2.05) is 86.7 Å². The lowest BCUT2D eigenvalue weighted by molar-refractivity contribution is 0.0998. The zero-order valence-electron chi connectivity index (χ0n) is 23.0. The fraction of sp³-hybridized carbons (Fsp3) is 0.517. The summed E-state index contributed by atoms with van der Waals surface area (Å²) in [6.45, 7) is 0.524. The maximum Gasteiger partial charge on any atom is 0.407 e. The highest BCUT2D eigenvalue weighted by Crippen LogP contribution is 2.23. The molecule has 39 heavy (non-hydrogen) atoms. The van der Waals surface area contributed by atoms with E-state index in [0.29, 0.717) is 12.8 Å². The molecule has 0 heterocycles. The zero-order chi connectivity index (χ0) is 28.2. The van der Waals surface area contributed by atoms with Crippen LogP contribution in [0.25, 0.3) is 0 Å². The number of benzene rings is 2. The first-order chi connectivity index (χ1) is 18.7. The Morgan fingerprint density at radius 1 is 0.769 bits per heavy atom. The zero-order valence-corrected chi connectivity index (χ0v) is 23.0. The molecule has 0 bridgehead atoms. The van der Waals surface area contributed by atoms with Crippen LogP contribution in [0.3, 0.4) is 0 Å². The van der Waals surface area contributed by atoms with Crippen molar-refractivity contribution in [3.05, 3.63) is 71.8 Å². The maximum atomic E-state index is 11.7. The number of hydrogen-bond donors (Lipinski definition) is 5. The quantitative estimate of drug-likeness (QED) is 0.344. The summed E-state index contributed by atoms with van der Waals surface area (Å²) in [5.41, 5.74) is 1.91. The second-order valence-corrected chi connectivity index (χ2v) is 10.3. The molecular formula is C29H42N4O6. The van der Waals surface area contributed by atoms with E-state index < -0.39 is 24.4 Å². The van der Waals surface area contributed by atoms with Gasteiger partial charge in [-0.3, -0.25) is 0 Å². The average Bonchev–Trinajstić information content (AvgIpc) is 3.48. The van der Waals surface area contributed by atoms with Crippen molar-refractivity contribution in [3.8, 4) is 0 Å². The van der Waals surface area contributed by atoms with Crippen LogP contribution in [-0.2, 0) is 22.7 Å². The van der Waals surface area contributed by atoms with Gasteiger partial charge in [0, 0.05) is 24.2 Å². The Labute approximate surface area is 230 Å². The van der Waals surface area contributed by atoms with E-state index in [-0.39, 0.29) is 37.4 Å². The summed E-state index contributed by atoms with van der Waals surface area (Å²) in [6, 6.07) is 19.2. The van der Waals surface area contributed by atoms with Crippen LogP contribution >= 0.6 is 0 Å². The van der Waals surface area contributed by atoms with Gasteiger partial charge in [0.05, 0.1) is 12.2 Å². The molecule has 0 spiro atoms. The Balaban J connectivity index is 0.000000216. The van der Waals surface area contributed by atoms with Crippen molar-refractivity contribution in [2.24, 2.45) is 0 Å². The van der Waals surface area contributed by atoms with Crippen LogP contribution in [0, 0.1) is 0 Å². The number of rotatable bonds is 8. The van der Waals surface area contributed by atoms with Crippen LogP contribution in [-0.4, -0.2) is 84.8 Å². The molecule has 2 amide bonds. The lowest BCUT2D eigenvalue weighted by atomic mass is 10.2. The number of alkyl carbamates (subject to hydrolysis) is 2. The van der Waals surface area contributed by atoms with Gasteiger partial charge in [-0.05, 0) is 58.0 Å². The smallest absolute Gasteiger partial charge is 0.407 e. The minimum atomic E-state index is -0.433. The second-order valence-electron chi connectivity index (χ2n) is 10.3. The maximum absolute atomic E-state index is 11.7. The number of amides is 2. The van der Waals surface area contributed by atoms with E-state index in [2.05, 4.69) is 16.0 Å². The number of aliphatic hydroxyl groups is 2. The minimum absolute atomic E-state index is 0.0272. The molecule has 10 nitrogen and oxygen atoms in total. The molecular weight excluding hydrogens is 500 g/mol. The van der Waals surface area contributed by atoms with Crippen LogP contribution in [0.5, 0.6) is 0 Å². The molecule has 6 atom stereocenters.